The summed E-state index contributed by atoms with van der Waals surface area (Å²) >= 11 is 0. The van der Waals surface area contributed by atoms with Crippen LogP contribution in [-0.2, 0) is 0 Å². The van der Waals surface area contributed by atoms with Crippen molar-refractivity contribution in [3.05, 3.63) is 59.7 Å². The molecule has 0 unspecified atom stereocenters. The summed E-state index contributed by atoms with van der Waals surface area (Å²) < 4.78 is 5.79. The molecule has 2 aromatic carbocycles. The highest BCUT2D eigenvalue weighted by atomic mass is 16.4. The minimum Gasteiger partial charge on any atom is -0.416 e. The predicted molar refractivity (Wildman–Crippen MR) is 102 cm³/mol. The van der Waals surface area contributed by atoms with Gasteiger partial charge in [-0.15, -0.1) is 10.2 Å². The fourth-order valence-electron chi connectivity index (χ4n) is 2.47. The van der Waals surface area contributed by atoms with Crippen LogP contribution in [0.4, 0.5) is 0 Å². The second-order valence-corrected chi connectivity index (χ2v) is 7.05. The number of hydrogen-bond acceptors (Lipinski definition) is 4. The van der Waals surface area contributed by atoms with Crippen molar-refractivity contribution in [1.82, 2.24) is 15.5 Å². The summed E-state index contributed by atoms with van der Waals surface area (Å²) in [6, 6.07) is 15.1. The van der Waals surface area contributed by atoms with Crippen molar-refractivity contribution in [3.8, 4) is 22.9 Å². The Morgan fingerprint density at radius 1 is 1.04 bits per heavy atom. The molecule has 0 fully saturated rings. The van der Waals surface area contributed by atoms with E-state index in [0.29, 0.717) is 17.3 Å². The van der Waals surface area contributed by atoms with Crippen LogP contribution in [-0.4, -0.2) is 21.6 Å². The number of aromatic nitrogens is 2. The number of carbonyl (C=O) groups is 1. The summed E-state index contributed by atoms with van der Waals surface area (Å²) in [4.78, 5) is 12.3. The molecule has 3 aromatic rings. The van der Waals surface area contributed by atoms with Gasteiger partial charge < -0.3 is 9.73 Å². The molecule has 3 rings (SSSR count). The van der Waals surface area contributed by atoms with E-state index in [0.717, 1.165) is 23.1 Å². The van der Waals surface area contributed by atoms with Gasteiger partial charge in [-0.2, -0.15) is 0 Å². The minimum absolute atomic E-state index is 0.0885. The number of rotatable bonds is 5. The monoisotopic (exact) mass is 349 g/mol. The SMILES string of the molecule is CCC(C)(C)NC(=O)c1ccc(-c2nnc(-c3cccc(C)c3)o2)cc1. The van der Waals surface area contributed by atoms with Crippen LogP contribution in [0.1, 0.15) is 43.1 Å². The van der Waals surface area contributed by atoms with Crippen LogP contribution in [0.3, 0.4) is 0 Å². The Morgan fingerprint density at radius 2 is 1.69 bits per heavy atom. The van der Waals surface area contributed by atoms with Gasteiger partial charge >= 0.3 is 0 Å². The first-order valence-corrected chi connectivity index (χ1v) is 8.71. The summed E-state index contributed by atoms with van der Waals surface area (Å²) in [7, 11) is 0. The van der Waals surface area contributed by atoms with Crippen molar-refractivity contribution < 1.29 is 9.21 Å². The largest absolute Gasteiger partial charge is 0.416 e. The number of nitrogens with one attached hydrogen (secondary N) is 1. The summed E-state index contributed by atoms with van der Waals surface area (Å²) in [5.41, 5.74) is 3.18. The maximum atomic E-state index is 12.3. The van der Waals surface area contributed by atoms with Crippen LogP contribution in [0.25, 0.3) is 22.9 Å². The van der Waals surface area contributed by atoms with Gasteiger partial charge in [0.1, 0.15) is 0 Å². The average molecular weight is 349 g/mol. The average Bonchev–Trinajstić information content (AvgIpc) is 3.12. The first-order chi connectivity index (χ1) is 12.4. The van der Waals surface area contributed by atoms with Gasteiger partial charge in [0.05, 0.1) is 0 Å². The molecule has 5 heteroatoms. The Hall–Kier alpha value is -2.95. The van der Waals surface area contributed by atoms with Crippen LogP contribution in [0, 0.1) is 6.92 Å². The molecule has 1 amide bonds. The highest BCUT2D eigenvalue weighted by Gasteiger charge is 2.19. The van der Waals surface area contributed by atoms with E-state index in [1.807, 2.05) is 64.1 Å². The molecule has 0 spiro atoms. The van der Waals surface area contributed by atoms with Gasteiger partial charge in [-0.1, -0.05) is 24.6 Å². The zero-order valence-electron chi connectivity index (χ0n) is 15.5. The fourth-order valence-corrected chi connectivity index (χ4v) is 2.47. The zero-order chi connectivity index (χ0) is 18.7. The van der Waals surface area contributed by atoms with Crippen LogP contribution < -0.4 is 5.32 Å². The van der Waals surface area contributed by atoms with E-state index in [-0.39, 0.29) is 11.4 Å². The zero-order valence-corrected chi connectivity index (χ0v) is 15.5. The van der Waals surface area contributed by atoms with E-state index in [9.17, 15) is 4.79 Å². The molecule has 1 heterocycles. The maximum Gasteiger partial charge on any atom is 0.251 e. The Labute approximate surface area is 153 Å². The van der Waals surface area contributed by atoms with Crippen molar-refractivity contribution in [3.63, 3.8) is 0 Å². The molecule has 1 aromatic heterocycles. The molecular formula is C21H23N3O2. The summed E-state index contributed by atoms with van der Waals surface area (Å²) in [5.74, 6) is 0.826. The molecule has 0 saturated heterocycles. The third-order valence-corrected chi connectivity index (χ3v) is 4.42. The van der Waals surface area contributed by atoms with Crippen molar-refractivity contribution in [1.29, 1.82) is 0 Å². The Morgan fingerprint density at radius 3 is 2.31 bits per heavy atom. The van der Waals surface area contributed by atoms with Gasteiger partial charge in [-0.25, -0.2) is 0 Å². The van der Waals surface area contributed by atoms with Gasteiger partial charge in [-0.3, -0.25) is 4.79 Å². The highest BCUT2D eigenvalue weighted by Crippen LogP contribution is 2.24. The van der Waals surface area contributed by atoms with Crippen molar-refractivity contribution in [2.45, 2.75) is 39.7 Å². The lowest BCUT2D eigenvalue weighted by atomic mass is 10.0. The molecule has 0 atom stereocenters. The van der Waals surface area contributed by atoms with Gasteiger partial charge in [0, 0.05) is 22.2 Å². The third-order valence-electron chi connectivity index (χ3n) is 4.42. The first kappa shape index (κ1) is 17.9. The van der Waals surface area contributed by atoms with Crippen LogP contribution >= 0.6 is 0 Å². The number of aryl methyl sites for hydroxylation is 1. The second kappa shape index (κ2) is 7.12. The second-order valence-electron chi connectivity index (χ2n) is 7.05. The minimum atomic E-state index is -0.231. The van der Waals surface area contributed by atoms with Crippen molar-refractivity contribution in [2.24, 2.45) is 0 Å². The molecule has 0 saturated carbocycles. The summed E-state index contributed by atoms with van der Waals surface area (Å²) in [6.45, 7) is 8.07. The number of amides is 1. The molecule has 0 aliphatic rings. The topological polar surface area (TPSA) is 68.0 Å². The van der Waals surface area contributed by atoms with Gasteiger partial charge in [0.15, 0.2) is 0 Å². The maximum absolute atomic E-state index is 12.3. The van der Waals surface area contributed by atoms with Crippen molar-refractivity contribution >= 4 is 5.91 Å². The first-order valence-electron chi connectivity index (χ1n) is 8.71. The Kier molecular flexibility index (Phi) is 4.89. The number of benzene rings is 2. The van der Waals surface area contributed by atoms with Gasteiger partial charge in [0.2, 0.25) is 11.8 Å². The molecule has 134 valence electrons. The Balaban J connectivity index is 1.78. The van der Waals surface area contributed by atoms with Gasteiger partial charge in [-0.05, 0) is 63.6 Å². The third kappa shape index (κ3) is 3.99. The molecule has 0 radical (unpaired) electrons. The molecule has 0 aliphatic heterocycles. The Bertz CT molecular complexity index is 911. The van der Waals surface area contributed by atoms with Crippen LogP contribution in [0.2, 0.25) is 0 Å². The van der Waals surface area contributed by atoms with Crippen LogP contribution in [0.15, 0.2) is 52.9 Å². The lowest BCUT2D eigenvalue weighted by Crippen LogP contribution is -2.42. The molecule has 1 N–H and O–H groups in total. The smallest absolute Gasteiger partial charge is 0.251 e. The molecular weight excluding hydrogens is 326 g/mol. The van der Waals surface area contributed by atoms with Crippen molar-refractivity contribution in [2.75, 3.05) is 0 Å². The lowest BCUT2D eigenvalue weighted by Gasteiger charge is -2.24. The number of nitrogens with zero attached hydrogens (tertiary/aromatic N) is 2. The highest BCUT2D eigenvalue weighted by molar-refractivity contribution is 5.95. The van der Waals surface area contributed by atoms with E-state index in [4.69, 9.17) is 4.42 Å². The summed E-state index contributed by atoms with van der Waals surface area (Å²) in [5, 5.41) is 11.3. The van der Waals surface area contributed by atoms with E-state index in [1.54, 1.807) is 12.1 Å². The molecule has 26 heavy (non-hydrogen) atoms. The summed E-state index contributed by atoms with van der Waals surface area (Å²) in [6.07, 6.45) is 0.862. The van der Waals surface area contributed by atoms with Gasteiger partial charge in [0.25, 0.3) is 5.91 Å². The van der Waals surface area contributed by atoms with E-state index in [2.05, 4.69) is 15.5 Å². The number of hydrogen-bond donors (Lipinski definition) is 1. The fraction of sp³-hybridized carbons (Fsp3) is 0.286. The quantitative estimate of drug-likeness (QED) is 0.729. The lowest BCUT2D eigenvalue weighted by molar-refractivity contribution is 0.0911. The van der Waals surface area contributed by atoms with Crippen LogP contribution in [0.5, 0.6) is 0 Å². The van der Waals surface area contributed by atoms with E-state index < -0.39 is 0 Å². The normalized spacial score (nSPS) is 11.4. The standard InChI is InChI=1S/C21H23N3O2/c1-5-21(3,4)22-18(25)15-9-11-16(12-10-15)19-23-24-20(26-19)17-8-6-7-14(2)13-17/h6-13H,5H2,1-4H3,(H,22,25). The van der Waals surface area contributed by atoms with E-state index in [1.165, 1.54) is 0 Å². The molecule has 0 bridgehead atoms. The molecule has 0 aliphatic carbocycles. The number of carbonyl (C=O) groups excluding carboxylic acids is 1. The predicted octanol–water partition coefficient (Wildman–Crippen LogP) is 4.63. The molecule has 5 nitrogen and oxygen atoms in total. The van der Waals surface area contributed by atoms with E-state index >= 15 is 0 Å².